The zero-order valence-electron chi connectivity index (χ0n) is 23.0. The van der Waals surface area contributed by atoms with Crippen molar-refractivity contribution >= 4 is 40.4 Å². The summed E-state index contributed by atoms with van der Waals surface area (Å²) >= 11 is 1.11. The zero-order chi connectivity index (χ0) is 29.5. The summed E-state index contributed by atoms with van der Waals surface area (Å²) in [5.74, 6) is -1.43. The molecule has 0 saturated heterocycles. The number of amides is 1. The van der Waals surface area contributed by atoms with Crippen molar-refractivity contribution in [1.29, 1.82) is 0 Å². The minimum absolute atomic E-state index is 0.0383. The molecule has 0 saturated carbocycles. The molecule has 0 aliphatic carbocycles. The number of nitrogens with zero attached hydrogens (tertiary/aromatic N) is 3. The molecule has 3 aromatic carbocycles. The van der Waals surface area contributed by atoms with Crippen LogP contribution in [-0.4, -0.2) is 36.6 Å². The van der Waals surface area contributed by atoms with Crippen molar-refractivity contribution in [1.82, 2.24) is 4.57 Å². The number of anilines is 1. The first-order valence-electron chi connectivity index (χ1n) is 13.1. The number of likely N-dealkylation sites (N-methyl/N-ethyl adjacent to an activating group) is 1. The maximum atomic E-state index is 14.2. The number of benzene rings is 3. The van der Waals surface area contributed by atoms with E-state index in [1.165, 1.54) is 16.6 Å². The van der Waals surface area contributed by atoms with Crippen molar-refractivity contribution in [3.63, 3.8) is 0 Å². The van der Waals surface area contributed by atoms with Gasteiger partial charge in [-0.05, 0) is 36.2 Å². The van der Waals surface area contributed by atoms with E-state index in [-0.39, 0.29) is 22.6 Å². The summed E-state index contributed by atoms with van der Waals surface area (Å²) in [4.78, 5) is 59.8. The lowest BCUT2D eigenvalue weighted by atomic mass is 9.95. The minimum Gasteiger partial charge on any atom is -0.465 e. The number of esters is 2. The Hall–Kier alpha value is -5.09. The number of hydrogen-bond acceptors (Lipinski definition) is 8. The van der Waals surface area contributed by atoms with Crippen LogP contribution >= 0.6 is 11.3 Å². The molecule has 0 radical (unpaired) electrons. The normalized spacial score (nSPS) is 17.0. The van der Waals surface area contributed by atoms with Crippen LogP contribution < -0.4 is 19.8 Å². The number of ether oxygens (including phenoxy) is 2. The number of thiazole rings is 1. The predicted molar refractivity (Wildman–Crippen MR) is 157 cm³/mol. The number of carbonyl (C=O) groups excluding carboxylic acids is 3. The molecule has 1 atom stereocenters. The van der Waals surface area contributed by atoms with E-state index in [1.807, 2.05) is 54.6 Å². The Kier molecular flexibility index (Phi) is 6.91. The molecule has 1 unspecified atom stereocenters. The van der Waals surface area contributed by atoms with Crippen LogP contribution in [0.1, 0.15) is 40.0 Å². The van der Waals surface area contributed by atoms with Gasteiger partial charge in [0.15, 0.2) is 4.80 Å². The van der Waals surface area contributed by atoms with Gasteiger partial charge in [0.05, 0.1) is 41.2 Å². The molecular formula is C32H25N3O6S. The second-order valence-electron chi connectivity index (χ2n) is 9.83. The first kappa shape index (κ1) is 27.1. The lowest BCUT2D eigenvalue weighted by Gasteiger charge is -2.25. The summed E-state index contributed by atoms with van der Waals surface area (Å²) in [5.41, 5.74) is 3.50. The summed E-state index contributed by atoms with van der Waals surface area (Å²) in [6.07, 6.45) is 0. The van der Waals surface area contributed by atoms with E-state index in [9.17, 15) is 19.2 Å². The Bertz CT molecular complexity index is 1970. The number of fused-ring (bicyclic) bond motifs is 2. The van der Waals surface area contributed by atoms with Crippen LogP contribution in [0.4, 0.5) is 5.69 Å². The molecule has 0 N–H and O–H groups in total. The van der Waals surface area contributed by atoms with Crippen molar-refractivity contribution in [3.05, 3.63) is 132 Å². The molecular weight excluding hydrogens is 554 g/mol. The monoisotopic (exact) mass is 579 g/mol. The fourth-order valence-electron chi connectivity index (χ4n) is 5.26. The molecule has 9 nitrogen and oxygen atoms in total. The third-order valence-corrected chi connectivity index (χ3v) is 8.41. The van der Waals surface area contributed by atoms with Gasteiger partial charge in [-0.2, -0.15) is 0 Å². The molecule has 1 aromatic heterocycles. The van der Waals surface area contributed by atoms with Gasteiger partial charge in [-0.1, -0.05) is 72.0 Å². The Morgan fingerprint density at radius 3 is 2.33 bits per heavy atom. The SMILES string of the molecule is COC(=O)c1ccc(C2C(C(=O)OCc3ccccc3)=C(C)N=c3sc(=C4C(=O)N(C)c5ccccc54)c(=O)n32)cc1. The number of rotatable bonds is 5. The fourth-order valence-corrected chi connectivity index (χ4v) is 6.39. The molecule has 4 aromatic rings. The summed E-state index contributed by atoms with van der Waals surface area (Å²) in [7, 11) is 2.96. The van der Waals surface area contributed by atoms with Gasteiger partial charge < -0.3 is 14.4 Å². The van der Waals surface area contributed by atoms with Crippen LogP contribution in [0.3, 0.4) is 0 Å². The van der Waals surface area contributed by atoms with Gasteiger partial charge in [0.25, 0.3) is 11.5 Å². The van der Waals surface area contributed by atoms with Gasteiger partial charge in [-0.25, -0.2) is 14.6 Å². The van der Waals surface area contributed by atoms with Crippen LogP contribution in [0.2, 0.25) is 0 Å². The molecule has 2 aliphatic heterocycles. The van der Waals surface area contributed by atoms with E-state index in [4.69, 9.17) is 9.47 Å². The van der Waals surface area contributed by atoms with E-state index in [2.05, 4.69) is 4.99 Å². The predicted octanol–water partition coefficient (Wildman–Crippen LogP) is 3.11. The van der Waals surface area contributed by atoms with E-state index in [0.29, 0.717) is 38.4 Å². The quantitative estimate of drug-likeness (QED) is 0.337. The highest BCUT2D eigenvalue weighted by atomic mass is 32.1. The molecule has 42 heavy (non-hydrogen) atoms. The van der Waals surface area contributed by atoms with Gasteiger partial charge in [0, 0.05) is 12.6 Å². The first-order chi connectivity index (χ1) is 20.3. The second kappa shape index (κ2) is 10.7. The smallest absolute Gasteiger partial charge is 0.338 e. The van der Waals surface area contributed by atoms with Crippen LogP contribution in [0.15, 0.2) is 99.9 Å². The molecule has 1 amide bonds. The number of carbonyl (C=O) groups is 3. The van der Waals surface area contributed by atoms with Crippen molar-refractivity contribution in [3.8, 4) is 0 Å². The van der Waals surface area contributed by atoms with Crippen LogP contribution in [0.25, 0.3) is 5.57 Å². The number of hydrogen-bond donors (Lipinski definition) is 0. The molecule has 2 aliphatic rings. The summed E-state index contributed by atoms with van der Waals surface area (Å²) in [5, 5.41) is 0. The number of methoxy groups -OCH3 is 1. The van der Waals surface area contributed by atoms with Crippen molar-refractivity contribution < 1.29 is 23.9 Å². The highest BCUT2D eigenvalue weighted by Gasteiger charge is 2.36. The molecule has 3 heterocycles. The summed E-state index contributed by atoms with van der Waals surface area (Å²) in [6.45, 7) is 1.73. The average Bonchev–Trinajstić information content (AvgIpc) is 3.46. The third-order valence-electron chi connectivity index (χ3n) is 7.36. The Morgan fingerprint density at radius 2 is 1.62 bits per heavy atom. The number of allylic oxidation sites excluding steroid dienone is 1. The van der Waals surface area contributed by atoms with Gasteiger partial charge in [-0.15, -0.1) is 0 Å². The van der Waals surface area contributed by atoms with Gasteiger partial charge >= 0.3 is 11.9 Å². The van der Waals surface area contributed by atoms with Gasteiger partial charge in [-0.3, -0.25) is 14.2 Å². The zero-order valence-corrected chi connectivity index (χ0v) is 23.8. The van der Waals surface area contributed by atoms with E-state index < -0.39 is 23.5 Å². The fraction of sp³-hybridized carbons (Fsp3) is 0.156. The second-order valence-corrected chi connectivity index (χ2v) is 10.8. The van der Waals surface area contributed by atoms with Crippen molar-refractivity contribution in [2.24, 2.45) is 4.99 Å². The largest absolute Gasteiger partial charge is 0.465 e. The molecule has 210 valence electrons. The molecule has 10 heteroatoms. The van der Waals surface area contributed by atoms with E-state index in [0.717, 1.165) is 16.9 Å². The lowest BCUT2D eigenvalue weighted by Crippen LogP contribution is -2.40. The Balaban J connectivity index is 1.53. The van der Waals surface area contributed by atoms with Crippen molar-refractivity contribution in [2.75, 3.05) is 19.1 Å². The van der Waals surface area contributed by atoms with E-state index >= 15 is 0 Å². The van der Waals surface area contributed by atoms with Gasteiger partial charge in [0.2, 0.25) is 0 Å². The number of para-hydroxylation sites is 1. The number of aromatic nitrogens is 1. The Labute approximate surface area is 244 Å². The van der Waals surface area contributed by atoms with Crippen molar-refractivity contribution in [2.45, 2.75) is 19.6 Å². The van der Waals surface area contributed by atoms with Crippen LogP contribution in [0.5, 0.6) is 0 Å². The summed E-state index contributed by atoms with van der Waals surface area (Å²) < 4.78 is 12.2. The maximum absolute atomic E-state index is 14.2. The standard InChI is InChI=1S/C32H25N3O6S/c1-18-24(31(39)41-17-19-9-5-4-6-10-19)26(20-13-15-21(16-14-20)30(38)40-3)35-29(37)27(42-32(35)33-18)25-22-11-7-8-12-23(22)34(2)28(25)36/h4-16,26H,17H2,1-3H3. The molecule has 6 rings (SSSR count). The maximum Gasteiger partial charge on any atom is 0.338 e. The van der Waals surface area contributed by atoms with E-state index in [1.54, 1.807) is 38.2 Å². The molecule has 0 fully saturated rings. The van der Waals surface area contributed by atoms with Crippen LogP contribution in [-0.2, 0) is 25.7 Å². The highest BCUT2D eigenvalue weighted by molar-refractivity contribution is 7.07. The highest BCUT2D eigenvalue weighted by Crippen LogP contribution is 2.34. The first-order valence-corrected chi connectivity index (χ1v) is 13.9. The third kappa shape index (κ3) is 4.46. The van der Waals surface area contributed by atoms with Crippen LogP contribution in [0, 0.1) is 0 Å². The van der Waals surface area contributed by atoms with Gasteiger partial charge in [0.1, 0.15) is 11.1 Å². The molecule has 0 bridgehead atoms. The Morgan fingerprint density at radius 1 is 0.929 bits per heavy atom. The topological polar surface area (TPSA) is 107 Å². The molecule has 0 spiro atoms. The summed E-state index contributed by atoms with van der Waals surface area (Å²) in [6, 6.07) is 22.2. The average molecular weight is 580 g/mol. The lowest BCUT2D eigenvalue weighted by molar-refractivity contribution is -0.140. The minimum atomic E-state index is -0.907.